The molecule has 0 amide bonds. The Kier molecular flexibility index (Phi) is 3.12. The zero-order valence-electron chi connectivity index (χ0n) is 15.0. The van der Waals surface area contributed by atoms with Crippen molar-refractivity contribution < 1.29 is 8.83 Å². The van der Waals surface area contributed by atoms with Crippen molar-refractivity contribution in [1.29, 1.82) is 0 Å². The minimum atomic E-state index is -0.705. The molecule has 4 nitrogen and oxygen atoms in total. The Balaban J connectivity index is 1.71. The lowest BCUT2D eigenvalue weighted by molar-refractivity contribution is 0.360. The highest BCUT2D eigenvalue weighted by Gasteiger charge is 2.47. The van der Waals surface area contributed by atoms with E-state index in [1.807, 2.05) is 60.7 Å². The van der Waals surface area contributed by atoms with Crippen molar-refractivity contribution in [3.8, 4) is 0 Å². The van der Waals surface area contributed by atoms with Gasteiger partial charge in [-0.05, 0) is 41.8 Å². The predicted molar refractivity (Wildman–Crippen MR) is 108 cm³/mol. The van der Waals surface area contributed by atoms with Crippen LogP contribution in [0.15, 0.2) is 87.7 Å². The quantitative estimate of drug-likeness (QED) is 0.402. The molecule has 0 N–H and O–H groups in total. The summed E-state index contributed by atoms with van der Waals surface area (Å²) in [4.78, 5) is 9.71. The smallest absolute Gasteiger partial charge is 0.215 e. The topological polar surface area (TPSA) is 52.1 Å². The third-order valence-electron chi connectivity index (χ3n) is 5.46. The molecule has 1 aliphatic carbocycles. The maximum Gasteiger partial charge on any atom is 0.215 e. The summed E-state index contributed by atoms with van der Waals surface area (Å²) >= 11 is 0. The molecule has 0 bridgehead atoms. The van der Waals surface area contributed by atoms with Crippen molar-refractivity contribution >= 4 is 28.3 Å². The fourth-order valence-electron chi connectivity index (χ4n) is 4.11. The monoisotopic (exact) mass is 364 g/mol. The van der Waals surface area contributed by atoms with Crippen LogP contribution in [0.4, 0.5) is 0 Å². The van der Waals surface area contributed by atoms with Crippen molar-refractivity contribution in [2.24, 2.45) is 0 Å². The van der Waals surface area contributed by atoms with E-state index >= 15 is 0 Å². The van der Waals surface area contributed by atoms with Gasteiger partial charge in [0.2, 0.25) is 11.8 Å². The molecule has 28 heavy (non-hydrogen) atoms. The van der Waals surface area contributed by atoms with Crippen LogP contribution in [0.1, 0.15) is 29.3 Å². The molecule has 2 aromatic heterocycles. The number of nitrogens with zero attached hydrogens (tertiary/aromatic N) is 2. The number of allylic oxidation sites excluding steroid dienone is 1. The highest BCUT2D eigenvalue weighted by Crippen LogP contribution is 2.47. The van der Waals surface area contributed by atoms with Crippen molar-refractivity contribution in [3.05, 3.63) is 102 Å². The Morgan fingerprint density at radius 2 is 1.25 bits per heavy atom. The molecule has 134 valence electrons. The van der Waals surface area contributed by atoms with E-state index in [2.05, 4.69) is 24.3 Å². The first kappa shape index (κ1) is 15.4. The summed E-state index contributed by atoms with van der Waals surface area (Å²) in [5.74, 6) is 1.22. The van der Waals surface area contributed by atoms with Gasteiger partial charge in [0.15, 0.2) is 16.6 Å². The number of fused-ring (bicyclic) bond motifs is 3. The van der Waals surface area contributed by atoms with Gasteiger partial charge in [-0.2, -0.15) is 0 Å². The number of hydrogen-bond acceptors (Lipinski definition) is 4. The summed E-state index contributed by atoms with van der Waals surface area (Å²) in [6, 6.07) is 24.0. The third-order valence-corrected chi connectivity index (χ3v) is 5.46. The summed E-state index contributed by atoms with van der Waals surface area (Å²) in [6.07, 6.45) is 4.95. The minimum Gasteiger partial charge on any atom is -0.439 e. The average molecular weight is 364 g/mol. The van der Waals surface area contributed by atoms with E-state index in [1.165, 1.54) is 0 Å². The number of oxazole rings is 2. The van der Waals surface area contributed by atoms with Crippen molar-refractivity contribution in [3.63, 3.8) is 0 Å². The van der Waals surface area contributed by atoms with E-state index in [0.717, 1.165) is 33.3 Å². The molecule has 6 rings (SSSR count). The van der Waals surface area contributed by atoms with Crippen LogP contribution < -0.4 is 0 Å². The SMILES string of the molecule is C1=Cc2ccccc2C(c2nc3ccccc3o2)(c2nc3ccccc3o2)C1. The first-order valence-electron chi connectivity index (χ1n) is 9.33. The Bertz CT molecular complexity index is 1220. The maximum absolute atomic E-state index is 6.27. The molecule has 5 aromatic rings. The zero-order chi connectivity index (χ0) is 18.6. The summed E-state index contributed by atoms with van der Waals surface area (Å²) in [5.41, 5.74) is 4.71. The van der Waals surface area contributed by atoms with E-state index in [1.54, 1.807) is 0 Å². The van der Waals surface area contributed by atoms with Crippen LogP contribution in [0.2, 0.25) is 0 Å². The van der Waals surface area contributed by atoms with E-state index in [4.69, 9.17) is 18.8 Å². The molecule has 0 atom stereocenters. The summed E-state index contributed by atoms with van der Waals surface area (Å²) in [6.45, 7) is 0. The van der Waals surface area contributed by atoms with Crippen LogP contribution in [0.25, 0.3) is 28.3 Å². The Morgan fingerprint density at radius 3 is 1.89 bits per heavy atom. The fraction of sp³-hybridized carbons (Fsp3) is 0.0833. The van der Waals surface area contributed by atoms with Gasteiger partial charge < -0.3 is 8.83 Å². The number of rotatable bonds is 2. The number of benzene rings is 3. The maximum atomic E-state index is 6.27. The molecule has 4 heteroatoms. The second kappa shape index (κ2) is 5.67. The van der Waals surface area contributed by atoms with Crippen molar-refractivity contribution in [2.75, 3.05) is 0 Å². The molecular formula is C24H16N2O2. The molecule has 0 saturated heterocycles. The number of aromatic nitrogens is 2. The summed E-state index contributed by atoms with van der Waals surface area (Å²) in [5, 5.41) is 0. The molecular weight excluding hydrogens is 348 g/mol. The minimum absolute atomic E-state index is 0.608. The molecule has 0 radical (unpaired) electrons. The first-order chi connectivity index (χ1) is 13.8. The van der Waals surface area contributed by atoms with Gasteiger partial charge in [0.1, 0.15) is 11.0 Å². The third kappa shape index (κ3) is 2.06. The molecule has 2 heterocycles. The highest BCUT2D eigenvalue weighted by atomic mass is 16.4. The van der Waals surface area contributed by atoms with E-state index in [0.29, 0.717) is 18.2 Å². The van der Waals surface area contributed by atoms with Gasteiger partial charge in [0.05, 0.1) is 0 Å². The number of para-hydroxylation sites is 4. The van der Waals surface area contributed by atoms with Gasteiger partial charge in [-0.15, -0.1) is 0 Å². The Hall–Kier alpha value is -3.66. The molecule has 1 aliphatic rings. The van der Waals surface area contributed by atoms with Gasteiger partial charge in [0.25, 0.3) is 0 Å². The molecule has 0 aliphatic heterocycles. The standard InChI is InChI=1S/C24H16N2O2/c1-2-10-17-16(8-1)9-7-15-24(17,22-25-18-11-3-5-13-20(18)27-22)23-26-19-12-4-6-14-21(19)28-23/h1-14H,15H2. The second-order valence-corrected chi connectivity index (χ2v) is 7.07. The Morgan fingerprint density at radius 1 is 0.679 bits per heavy atom. The van der Waals surface area contributed by atoms with Crippen LogP contribution in [0.3, 0.4) is 0 Å². The van der Waals surface area contributed by atoms with Crippen LogP contribution >= 0.6 is 0 Å². The fourth-order valence-corrected chi connectivity index (χ4v) is 4.11. The van der Waals surface area contributed by atoms with Crippen molar-refractivity contribution in [1.82, 2.24) is 9.97 Å². The van der Waals surface area contributed by atoms with Gasteiger partial charge in [0, 0.05) is 0 Å². The van der Waals surface area contributed by atoms with Crippen LogP contribution in [-0.2, 0) is 5.41 Å². The molecule has 3 aromatic carbocycles. The molecule has 0 spiro atoms. The lowest BCUT2D eigenvalue weighted by atomic mass is 9.72. The zero-order valence-corrected chi connectivity index (χ0v) is 15.0. The van der Waals surface area contributed by atoms with Gasteiger partial charge in [-0.1, -0.05) is 60.7 Å². The number of hydrogen-bond donors (Lipinski definition) is 0. The van der Waals surface area contributed by atoms with Gasteiger partial charge in [-0.25, -0.2) is 9.97 Å². The molecule has 0 unspecified atom stereocenters. The lowest BCUT2D eigenvalue weighted by Crippen LogP contribution is -2.32. The first-order valence-corrected chi connectivity index (χ1v) is 9.33. The van der Waals surface area contributed by atoms with Crippen molar-refractivity contribution in [2.45, 2.75) is 11.8 Å². The second-order valence-electron chi connectivity index (χ2n) is 7.07. The lowest BCUT2D eigenvalue weighted by Gasteiger charge is -2.31. The van der Waals surface area contributed by atoms with E-state index in [-0.39, 0.29) is 0 Å². The summed E-state index contributed by atoms with van der Waals surface area (Å²) < 4.78 is 12.5. The predicted octanol–water partition coefficient (Wildman–Crippen LogP) is 5.72. The normalized spacial score (nSPS) is 15.1. The van der Waals surface area contributed by atoms with Crippen LogP contribution in [0, 0.1) is 0 Å². The largest absolute Gasteiger partial charge is 0.439 e. The molecule has 0 saturated carbocycles. The van der Waals surface area contributed by atoms with Crippen LogP contribution in [0.5, 0.6) is 0 Å². The van der Waals surface area contributed by atoms with E-state index < -0.39 is 5.41 Å². The van der Waals surface area contributed by atoms with E-state index in [9.17, 15) is 0 Å². The highest BCUT2D eigenvalue weighted by molar-refractivity contribution is 5.75. The van der Waals surface area contributed by atoms with Crippen LogP contribution in [-0.4, -0.2) is 9.97 Å². The Labute approximate surface area is 161 Å². The van der Waals surface area contributed by atoms with Gasteiger partial charge >= 0.3 is 0 Å². The van der Waals surface area contributed by atoms with Gasteiger partial charge in [-0.3, -0.25) is 0 Å². The average Bonchev–Trinajstić information content (AvgIpc) is 3.38. The molecule has 0 fully saturated rings. The summed E-state index contributed by atoms with van der Waals surface area (Å²) in [7, 11) is 0.